The van der Waals surface area contributed by atoms with E-state index in [-0.39, 0.29) is 22.7 Å². The SMILES string of the molecule is C[C@@H]1CC2(C[C@H](c3ccc([N+](=O)[O-])cc3)N1)OCCCO2. The Morgan fingerprint density at radius 1 is 1.24 bits per heavy atom. The number of piperidine rings is 1. The van der Waals surface area contributed by atoms with E-state index in [4.69, 9.17) is 9.47 Å². The highest BCUT2D eigenvalue weighted by Crippen LogP contribution is 2.38. The fourth-order valence-electron chi connectivity index (χ4n) is 3.22. The standard InChI is InChI=1S/C15H20N2O4/c1-11-9-15(20-7-2-8-21-15)10-14(16-11)12-3-5-13(6-4-12)17(18)19/h3-6,11,14,16H,2,7-10H2,1H3/t11-,14-/m1/s1. The molecular formula is C15H20N2O4. The van der Waals surface area contributed by atoms with Crippen molar-refractivity contribution in [3.05, 3.63) is 39.9 Å². The second kappa shape index (κ2) is 5.71. The highest BCUT2D eigenvalue weighted by Gasteiger charge is 2.42. The molecule has 0 radical (unpaired) electrons. The Morgan fingerprint density at radius 3 is 2.52 bits per heavy atom. The summed E-state index contributed by atoms with van der Waals surface area (Å²) in [5, 5.41) is 14.3. The van der Waals surface area contributed by atoms with Crippen molar-refractivity contribution in [3.63, 3.8) is 0 Å². The van der Waals surface area contributed by atoms with Crippen LogP contribution < -0.4 is 5.32 Å². The van der Waals surface area contributed by atoms with Gasteiger partial charge < -0.3 is 14.8 Å². The van der Waals surface area contributed by atoms with Gasteiger partial charge in [0.05, 0.1) is 18.1 Å². The number of ether oxygens (including phenoxy) is 2. The van der Waals surface area contributed by atoms with E-state index in [1.807, 2.05) is 12.1 Å². The molecule has 114 valence electrons. The average molecular weight is 292 g/mol. The Kier molecular flexibility index (Phi) is 3.93. The van der Waals surface area contributed by atoms with Gasteiger partial charge in [-0.1, -0.05) is 12.1 Å². The predicted molar refractivity (Wildman–Crippen MR) is 76.9 cm³/mol. The van der Waals surface area contributed by atoms with Crippen molar-refractivity contribution in [2.75, 3.05) is 13.2 Å². The van der Waals surface area contributed by atoms with Crippen LogP contribution in [0.4, 0.5) is 5.69 Å². The summed E-state index contributed by atoms with van der Waals surface area (Å²) in [5.41, 5.74) is 1.15. The molecule has 2 saturated heterocycles. The zero-order chi connectivity index (χ0) is 14.9. The third kappa shape index (κ3) is 3.07. The second-order valence-electron chi connectivity index (χ2n) is 5.84. The minimum absolute atomic E-state index is 0.0904. The van der Waals surface area contributed by atoms with Crippen molar-refractivity contribution in [2.24, 2.45) is 0 Å². The Morgan fingerprint density at radius 2 is 1.90 bits per heavy atom. The molecular weight excluding hydrogens is 272 g/mol. The van der Waals surface area contributed by atoms with Crippen LogP contribution in [0.3, 0.4) is 0 Å². The molecule has 2 fully saturated rings. The van der Waals surface area contributed by atoms with Crippen molar-refractivity contribution < 1.29 is 14.4 Å². The lowest BCUT2D eigenvalue weighted by Crippen LogP contribution is -2.53. The molecule has 0 aromatic heterocycles. The molecule has 0 aliphatic carbocycles. The lowest BCUT2D eigenvalue weighted by Gasteiger charge is -2.45. The molecule has 2 atom stereocenters. The van der Waals surface area contributed by atoms with E-state index in [1.54, 1.807) is 12.1 Å². The van der Waals surface area contributed by atoms with Crippen molar-refractivity contribution >= 4 is 5.69 Å². The average Bonchev–Trinajstić information content (AvgIpc) is 2.47. The minimum Gasteiger partial charge on any atom is -0.350 e. The molecule has 1 N–H and O–H groups in total. The quantitative estimate of drug-likeness (QED) is 0.670. The van der Waals surface area contributed by atoms with Crippen molar-refractivity contribution in [3.8, 4) is 0 Å². The van der Waals surface area contributed by atoms with Crippen LogP contribution in [0.5, 0.6) is 0 Å². The summed E-state index contributed by atoms with van der Waals surface area (Å²) in [5.74, 6) is -0.505. The van der Waals surface area contributed by atoms with Crippen LogP contribution >= 0.6 is 0 Å². The minimum atomic E-state index is -0.505. The molecule has 1 spiro atoms. The largest absolute Gasteiger partial charge is 0.350 e. The molecule has 0 saturated carbocycles. The zero-order valence-electron chi connectivity index (χ0n) is 12.1. The number of nitro benzene ring substituents is 1. The van der Waals surface area contributed by atoms with Crippen LogP contribution in [-0.4, -0.2) is 30.0 Å². The normalized spacial score (nSPS) is 28.4. The van der Waals surface area contributed by atoms with Gasteiger partial charge >= 0.3 is 0 Å². The molecule has 0 bridgehead atoms. The Balaban J connectivity index is 1.79. The summed E-state index contributed by atoms with van der Waals surface area (Å²) in [4.78, 5) is 10.4. The van der Waals surface area contributed by atoms with Gasteiger partial charge in [0.2, 0.25) is 0 Å². The van der Waals surface area contributed by atoms with E-state index < -0.39 is 5.79 Å². The van der Waals surface area contributed by atoms with Gasteiger partial charge in [0, 0.05) is 37.1 Å². The van der Waals surface area contributed by atoms with Gasteiger partial charge in [-0.05, 0) is 18.9 Å². The van der Waals surface area contributed by atoms with Crippen LogP contribution in [-0.2, 0) is 9.47 Å². The molecule has 1 aromatic rings. The number of nitrogens with one attached hydrogen (secondary N) is 1. The lowest BCUT2D eigenvalue weighted by atomic mass is 9.88. The van der Waals surface area contributed by atoms with Gasteiger partial charge in [-0.25, -0.2) is 0 Å². The molecule has 0 unspecified atom stereocenters. The van der Waals surface area contributed by atoms with E-state index >= 15 is 0 Å². The first-order chi connectivity index (χ1) is 10.1. The highest BCUT2D eigenvalue weighted by atomic mass is 16.7. The van der Waals surface area contributed by atoms with Gasteiger partial charge in [0.1, 0.15) is 0 Å². The van der Waals surface area contributed by atoms with Crippen molar-refractivity contribution in [1.82, 2.24) is 5.32 Å². The van der Waals surface area contributed by atoms with Crippen LogP contribution in [0.2, 0.25) is 0 Å². The summed E-state index contributed by atoms with van der Waals surface area (Å²) in [7, 11) is 0. The van der Waals surface area contributed by atoms with E-state index in [0.29, 0.717) is 0 Å². The molecule has 1 aromatic carbocycles. The maximum absolute atomic E-state index is 10.7. The summed E-state index contributed by atoms with van der Waals surface area (Å²) >= 11 is 0. The van der Waals surface area contributed by atoms with E-state index in [0.717, 1.165) is 38.0 Å². The highest BCUT2D eigenvalue weighted by molar-refractivity contribution is 5.34. The first-order valence-electron chi connectivity index (χ1n) is 7.36. The van der Waals surface area contributed by atoms with E-state index in [9.17, 15) is 10.1 Å². The van der Waals surface area contributed by atoms with Gasteiger partial charge in [0.15, 0.2) is 5.79 Å². The topological polar surface area (TPSA) is 73.6 Å². The molecule has 6 nitrogen and oxygen atoms in total. The number of hydrogen-bond acceptors (Lipinski definition) is 5. The molecule has 0 amide bonds. The number of nitrogens with zero attached hydrogens (tertiary/aromatic N) is 1. The van der Waals surface area contributed by atoms with E-state index in [1.165, 1.54) is 0 Å². The first kappa shape index (κ1) is 14.4. The van der Waals surface area contributed by atoms with Gasteiger partial charge in [-0.15, -0.1) is 0 Å². The van der Waals surface area contributed by atoms with Crippen LogP contribution in [0.15, 0.2) is 24.3 Å². The Hall–Kier alpha value is -1.50. The molecule has 3 rings (SSSR count). The number of nitro groups is 1. The third-order valence-corrected chi connectivity index (χ3v) is 4.14. The molecule has 6 heteroatoms. The van der Waals surface area contributed by atoms with E-state index in [2.05, 4.69) is 12.2 Å². The van der Waals surface area contributed by atoms with Crippen LogP contribution in [0.1, 0.15) is 37.8 Å². The monoisotopic (exact) mass is 292 g/mol. The third-order valence-electron chi connectivity index (χ3n) is 4.14. The fraction of sp³-hybridized carbons (Fsp3) is 0.600. The molecule has 2 aliphatic heterocycles. The maximum atomic E-state index is 10.7. The van der Waals surface area contributed by atoms with Gasteiger partial charge in [-0.2, -0.15) is 0 Å². The Labute approximate surface area is 123 Å². The zero-order valence-corrected chi connectivity index (χ0v) is 12.1. The maximum Gasteiger partial charge on any atom is 0.269 e. The van der Waals surface area contributed by atoms with Gasteiger partial charge in [0.25, 0.3) is 5.69 Å². The fourth-order valence-corrected chi connectivity index (χ4v) is 3.22. The van der Waals surface area contributed by atoms with Gasteiger partial charge in [-0.3, -0.25) is 10.1 Å². The van der Waals surface area contributed by atoms with Crippen molar-refractivity contribution in [2.45, 2.75) is 44.1 Å². The summed E-state index contributed by atoms with van der Waals surface area (Å²) in [6, 6.07) is 7.08. The summed E-state index contributed by atoms with van der Waals surface area (Å²) in [6.07, 6.45) is 2.50. The first-order valence-corrected chi connectivity index (χ1v) is 7.36. The molecule has 2 aliphatic rings. The number of hydrogen-bond donors (Lipinski definition) is 1. The smallest absolute Gasteiger partial charge is 0.269 e. The molecule has 21 heavy (non-hydrogen) atoms. The number of non-ortho nitro benzene ring substituents is 1. The Bertz CT molecular complexity index is 511. The summed E-state index contributed by atoms with van der Waals surface area (Å²) < 4.78 is 11.8. The molecule has 2 heterocycles. The number of benzene rings is 1. The predicted octanol–water partition coefficient (Wildman–Crippen LogP) is 2.54. The number of rotatable bonds is 2. The van der Waals surface area contributed by atoms with Crippen LogP contribution in [0, 0.1) is 10.1 Å². The van der Waals surface area contributed by atoms with Crippen LogP contribution in [0.25, 0.3) is 0 Å². The lowest BCUT2D eigenvalue weighted by molar-refractivity contribution is -0.384. The second-order valence-corrected chi connectivity index (χ2v) is 5.84. The van der Waals surface area contributed by atoms with Crippen molar-refractivity contribution in [1.29, 1.82) is 0 Å². The summed E-state index contributed by atoms with van der Waals surface area (Å²) in [6.45, 7) is 3.58.